The van der Waals surface area contributed by atoms with Gasteiger partial charge in [0.2, 0.25) is 0 Å². The largest absolute Gasteiger partial charge is 0.478 e. The number of carboxylic acid groups (broad SMARTS) is 1. The number of nitrogens with one attached hydrogen (secondary N) is 1. The van der Waals surface area contributed by atoms with Crippen molar-refractivity contribution in [2.75, 3.05) is 5.32 Å². The van der Waals surface area contributed by atoms with Gasteiger partial charge in [0.15, 0.2) is 0 Å². The Morgan fingerprint density at radius 1 is 1.20 bits per heavy atom. The smallest absolute Gasteiger partial charge is 0.335 e. The molecule has 3 rings (SSSR count). The molecule has 4 heteroatoms. The van der Waals surface area contributed by atoms with Gasteiger partial charge in [0.25, 0.3) is 0 Å². The van der Waals surface area contributed by atoms with Crippen LogP contribution in [0.5, 0.6) is 0 Å². The van der Waals surface area contributed by atoms with Gasteiger partial charge in [-0.05, 0) is 54.3 Å². The predicted molar refractivity (Wildman–Crippen MR) is 74.5 cm³/mol. The number of hydrogen-bond donors (Lipinski definition) is 2. The topological polar surface area (TPSA) is 49.3 Å². The molecule has 1 aliphatic carbocycles. The molecule has 1 atom stereocenters. The molecule has 0 fully saturated rings. The fourth-order valence-corrected chi connectivity index (χ4v) is 2.67. The van der Waals surface area contributed by atoms with Crippen molar-refractivity contribution in [2.45, 2.75) is 18.9 Å². The van der Waals surface area contributed by atoms with E-state index in [0.717, 1.165) is 29.7 Å². The van der Waals surface area contributed by atoms with Crippen LogP contribution in [0.3, 0.4) is 0 Å². The molecule has 0 saturated carbocycles. The highest BCUT2D eigenvalue weighted by molar-refractivity contribution is 5.88. The summed E-state index contributed by atoms with van der Waals surface area (Å²) >= 11 is 0. The minimum absolute atomic E-state index is 0.0800. The number of hydrogen-bond acceptors (Lipinski definition) is 2. The van der Waals surface area contributed by atoms with Gasteiger partial charge in [-0.25, -0.2) is 9.18 Å². The van der Waals surface area contributed by atoms with Gasteiger partial charge in [-0.1, -0.05) is 12.1 Å². The van der Waals surface area contributed by atoms with Gasteiger partial charge in [-0.2, -0.15) is 0 Å². The van der Waals surface area contributed by atoms with Gasteiger partial charge < -0.3 is 10.4 Å². The van der Waals surface area contributed by atoms with Crippen molar-refractivity contribution < 1.29 is 14.3 Å². The summed E-state index contributed by atoms with van der Waals surface area (Å²) in [7, 11) is 0. The average molecular weight is 271 g/mol. The van der Waals surface area contributed by atoms with E-state index in [1.165, 1.54) is 6.07 Å². The van der Waals surface area contributed by atoms with Crippen LogP contribution >= 0.6 is 0 Å². The van der Waals surface area contributed by atoms with Crippen LogP contribution in [0, 0.1) is 5.82 Å². The maximum Gasteiger partial charge on any atom is 0.335 e. The number of aromatic carboxylic acids is 1. The molecule has 0 bridgehead atoms. The van der Waals surface area contributed by atoms with Gasteiger partial charge >= 0.3 is 5.97 Å². The van der Waals surface area contributed by atoms with Crippen molar-refractivity contribution in [3.8, 4) is 0 Å². The molecule has 0 spiro atoms. The van der Waals surface area contributed by atoms with E-state index >= 15 is 0 Å². The van der Waals surface area contributed by atoms with E-state index < -0.39 is 5.97 Å². The Morgan fingerprint density at radius 3 is 2.65 bits per heavy atom. The minimum atomic E-state index is -0.940. The average Bonchev–Trinajstić information content (AvgIpc) is 2.84. The summed E-state index contributed by atoms with van der Waals surface area (Å²) in [5.74, 6) is -1.09. The van der Waals surface area contributed by atoms with Crippen LogP contribution in [0.15, 0.2) is 42.5 Å². The predicted octanol–water partition coefficient (Wildman–Crippen LogP) is 3.62. The van der Waals surface area contributed by atoms with Gasteiger partial charge in [0.1, 0.15) is 5.82 Å². The Hall–Kier alpha value is -2.36. The van der Waals surface area contributed by atoms with Crippen molar-refractivity contribution in [1.82, 2.24) is 0 Å². The van der Waals surface area contributed by atoms with Crippen LogP contribution in [0.25, 0.3) is 0 Å². The first kappa shape index (κ1) is 12.7. The van der Waals surface area contributed by atoms with Gasteiger partial charge in [-0.3, -0.25) is 0 Å². The van der Waals surface area contributed by atoms with Crippen LogP contribution in [-0.4, -0.2) is 11.1 Å². The van der Waals surface area contributed by atoms with E-state index in [2.05, 4.69) is 5.32 Å². The summed E-state index contributed by atoms with van der Waals surface area (Å²) in [6.07, 6.45) is 1.57. The lowest BCUT2D eigenvalue weighted by Gasteiger charge is -2.15. The molecule has 0 saturated heterocycles. The lowest BCUT2D eigenvalue weighted by atomic mass is 10.1. The molecule has 1 unspecified atom stereocenters. The van der Waals surface area contributed by atoms with Crippen molar-refractivity contribution in [3.63, 3.8) is 0 Å². The molecule has 102 valence electrons. The zero-order valence-electron chi connectivity index (χ0n) is 10.8. The Bertz CT molecular complexity index is 652. The summed E-state index contributed by atoms with van der Waals surface area (Å²) < 4.78 is 13.7. The molecular formula is C16H14FNO2. The molecule has 1 aliphatic rings. The van der Waals surface area contributed by atoms with Crippen LogP contribution < -0.4 is 5.32 Å². The van der Waals surface area contributed by atoms with E-state index in [1.54, 1.807) is 30.3 Å². The zero-order chi connectivity index (χ0) is 14.1. The van der Waals surface area contributed by atoms with E-state index in [0.29, 0.717) is 0 Å². The van der Waals surface area contributed by atoms with E-state index in [1.807, 2.05) is 6.07 Å². The Labute approximate surface area is 116 Å². The Morgan fingerprint density at radius 2 is 1.95 bits per heavy atom. The second-order valence-electron chi connectivity index (χ2n) is 4.93. The number of anilines is 1. The monoisotopic (exact) mass is 271 g/mol. The highest BCUT2D eigenvalue weighted by Gasteiger charge is 2.24. The fraction of sp³-hybridized carbons (Fsp3) is 0.188. The first-order valence-electron chi connectivity index (χ1n) is 6.52. The molecule has 0 aromatic heterocycles. The van der Waals surface area contributed by atoms with E-state index in [-0.39, 0.29) is 17.4 Å². The minimum Gasteiger partial charge on any atom is -0.478 e. The fourth-order valence-electron chi connectivity index (χ4n) is 2.67. The normalized spacial score (nSPS) is 16.8. The molecule has 3 nitrogen and oxygen atoms in total. The molecule has 0 radical (unpaired) electrons. The molecule has 2 aromatic carbocycles. The summed E-state index contributed by atoms with van der Waals surface area (Å²) in [5.41, 5.74) is 2.88. The molecule has 2 aromatic rings. The molecule has 0 aliphatic heterocycles. The van der Waals surface area contributed by atoms with Crippen molar-refractivity contribution in [3.05, 3.63) is 65.0 Å². The molecule has 20 heavy (non-hydrogen) atoms. The standard InChI is InChI=1S/C16H14FNO2/c17-14-3-1-2-13-12(14)8-9-15(13)18-11-6-4-10(5-7-11)16(19)20/h1-7,15,18H,8-9H2,(H,19,20). The van der Waals surface area contributed by atoms with Gasteiger partial charge in [0, 0.05) is 5.69 Å². The number of rotatable bonds is 3. The van der Waals surface area contributed by atoms with Crippen molar-refractivity contribution in [2.24, 2.45) is 0 Å². The number of carbonyl (C=O) groups is 1. The Balaban J connectivity index is 1.80. The lowest BCUT2D eigenvalue weighted by molar-refractivity contribution is 0.0697. The molecular weight excluding hydrogens is 257 g/mol. The van der Waals surface area contributed by atoms with Crippen LogP contribution in [0.4, 0.5) is 10.1 Å². The maximum absolute atomic E-state index is 13.7. The maximum atomic E-state index is 13.7. The van der Waals surface area contributed by atoms with E-state index in [4.69, 9.17) is 5.11 Å². The summed E-state index contributed by atoms with van der Waals surface area (Å²) in [6.45, 7) is 0. The van der Waals surface area contributed by atoms with E-state index in [9.17, 15) is 9.18 Å². The number of benzene rings is 2. The highest BCUT2D eigenvalue weighted by Crippen LogP contribution is 2.35. The van der Waals surface area contributed by atoms with Crippen LogP contribution in [-0.2, 0) is 6.42 Å². The SMILES string of the molecule is O=C(O)c1ccc(NC2CCc3c(F)cccc32)cc1. The molecule has 0 heterocycles. The summed E-state index contributed by atoms with van der Waals surface area (Å²) in [5, 5.41) is 12.2. The second kappa shape index (κ2) is 4.96. The first-order valence-corrected chi connectivity index (χ1v) is 6.52. The third-order valence-corrected chi connectivity index (χ3v) is 3.69. The molecule has 0 amide bonds. The summed E-state index contributed by atoms with van der Waals surface area (Å²) in [4.78, 5) is 10.8. The highest BCUT2D eigenvalue weighted by atomic mass is 19.1. The Kier molecular flexibility index (Phi) is 3.14. The lowest BCUT2D eigenvalue weighted by Crippen LogP contribution is -2.07. The number of carboxylic acids is 1. The third kappa shape index (κ3) is 2.25. The first-order chi connectivity index (χ1) is 9.65. The van der Waals surface area contributed by atoms with Crippen molar-refractivity contribution in [1.29, 1.82) is 0 Å². The molecule has 2 N–H and O–H groups in total. The van der Waals surface area contributed by atoms with Crippen LogP contribution in [0.2, 0.25) is 0 Å². The second-order valence-corrected chi connectivity index (χ2v) is 4.93. The van der Waals surface area contributed by atoms with Gasteiger partial charge in [-0.15, -0.1) is 0 Å². The third-order valence-electron chi connectivity index (χ3n) is 3.69. The van der Waals surface area contributed by atoms with Crippen molar-refractivity contribution >= 4 is 11.7 Å². The summed E-state index contributed by atoms with van der Waals surface area (Å²) in [6, 6.07) is 11.8. The quantitative estimate of drug-likeness (QED) is 0.896. The number of halogens is 1. The van der Waals surface area contributed by atoms with Crippen LogP contribution in [0.1, 0.15) is 33.9 Å². The number of fused-ring (bicyclic) bond motifs is 1. The zero-order valence-corrected chi connectivity index (χ0v) is 10.8. The van der Waals surface area contributed by atoms with Gasteiger partial charge in [0.05, 0.1) is 11.6 Å².